The van der Waals surface area contributed by atoms with E-state index in [9.17, 15) is 23.3 Å². The van der Waals surface area contributed by atoms with Gasteiger partial charge in [0.1, 0.15) is 5.52 Å². The molecule has 25 heavy (non-hydrogen) atoms. The molecule has 0 aliphatic carbocycles. The van der Waals surface area contributed by atoms with Gasteiger partial charge < -0.3 is 0 Å². The van der Waals surface area contributed by atoms with Crippen molar-refractivity contribution < 1.29 is 18.1 Å². The number of hydrogen-bond acceptors (Lipinski definition) is 5. The SMILES string of the molecule is CC(=O)c1cn(S(=O)(=O)c2ccc(C)cc2)c2c([N+](=O)[O-])cccc12. The minimum absolute atomic E-state index is 0.0109. The van der Waals surface area contributed by atoms with Gasteiger partial charge in [0.15, 0.2) is 5.78 Å². The number of non-ortho nitro benzene ring substituents is 1. The summed E-state index contributed by atoms with van der Waals surface area (Å²) >= 11 is 0. The van der Waals surface area contributed by atoms with E-state index < -0.39 is 14.9 Å². The van der Waals surface area contributed by atoms with E-state index >= 15 is 0 Å². The van der Waals surface area contributed by atoms with Gasteiger partial charge >= 0.3 is 0 Å². The summed E-state index contributed by atoms with van der Waals surface area (Å²) in [7, 11) is -4.09. The van der Waals surface area contributed by atoms with Gasteiger partial charge in [0.25, 0.3) is 15.7 Å². The first-order chi connectivity index (χ1) is 11.7. The van der Waals surface area contributed by atoms with Crippen LogP contribution < -0.4 is 0 Å². The molecule has 3 rings (SSSR count). The zero-order valence-corrected chi connectivity index (χ0v) is 14.3. The monoisotopic (exact) mass is 358 g/mol. The fourth-order valence-electron chi connectivity index (χ4n) is 2.67. The van der Waals surface area contributed by atoms with Crippen molar-refractivity contribution in [1.82, 2.24) is 3.97 Å². The van der Waals surface area contributed by atoms with Crippen molar-refractivity contribution in [3.63, 3.8) is 0 Å². The van der Waals surface area contributed by atoms with Crippen molar-refractivity contribution in [2.45, 2.75) is 18.7 Å². The third kappa shape index (κ3) is 2.70. The normalized spacial score (nSPS) is 11.6. The first kappa shape index (κ1) is 16.8. The lowest BCUT2D eigenvalue weighted by Gasteiger charge is -2.08. The lowest BCUT2D eigenvalue weighted by atomic mass is 10.1. The molecule has 128 valence electrons. The third-order valence-electron chi connectivity index (χ3n) is 3.93. The van der Waals surface area contributed by atoms with E-state index in [-0.39, 0.29) is 32.8 Å². The molecule has 0 saturated carbocycles. The number of nitro groups is 1. The number of Topliss-reactive ketones (excluding diaryl/α,β-unsaturated/α-hetero) is 1. The highest BCUT2D eigenvalue weighted by atomic mass is 32.2. The molecule has 7 nitrogen and oxygen atoms in total. The van der Waals surface area contributed by atoms with Crippen LogP contribution in [0.4, 0.5) is 5.69 Å². The number of benzene rings is 2. The fraction of sp³-hybridized carbons (Fsp3) is 0.118. The van der Waals surface area contributed by atoms with Crippen molar-refractivity contribution in [3.05, 3.63) is 69.9 Å². The maximum atomic E-state index is 13.0. The number of carbonyl (C=O) groups excluding carboxylic acids is 1. The topological polar surface area (TPSA) is 99.3 Å². The smallest absolute Gasteiger partial charge is 0.294 e. The van der Waals surface area contributed by atoms with Crippen LogP contribution in [0.5, 0.6) is 0 Å². The molecule has 1 heterocycles. The summed E-state index contributed by atoms with van der Waals surface area (Å²) in [5.74, 6) is -0.372. The summed E-state index contributed by atoms with van der Waals surface area (Å²) in [4.78, 5) is 22.6. The maximum Gasteiger partial charge on any atom is 0.294 e. The van der Waals surface area contributed by atoms with E-state index in [1.807, 2.05) is 6.92 Å². The van der Waals surface area contributed by atoms with E-state index in [1.54, 1.807) is 12.1 Å². The molecule has 3 aromatic rings. The summed E-state index contributed by atoms with van der Waals surface area (Å²) < 4.78 is 26.8. The predicted molar refractivity (Wildman–Crippen MR) is 92.4 cm³/mol. The van der Waals surface area contributed by atoms with E-state index in [1.165, 1.54) is 37.3 Å². The number of nitrogens with zero attached hydrogens (tertiary/aromatic N) is 2. The second kappa shape index (κ2) is 5.82. The lowest BCUT2D eigenvalue weighted by molar-refractivity contribution is -0.383. The molecule has 0 amide bonds. The summed E-state index contributed by atoms with van der Waals surface area (Å²) in [5, 5.41) is 11.6. The number of para-hydroxylation sites is 1. The minimum atomic E-state index is -4.09. The largest absolute Gasteiger partial charge is 0.294 e. The van der Waals surface area contributed by atoms with Crippen LogP contribution in [-0.4, -0.2) is 23.1 Å². The van der Waals surface area contributed by atoms with Crippen molar-refractivity contribution in [2.75, 3.05) is 0 Å². The number of hydrogen-bond donors (Lipinski definition) is 0. The van der Waals surface area contributed by atoms with Gasteiger partial charge in [0.05, 0.1) is 9.82 Å². The molecular weight excluding hydrogens is 344 g/mol. The Hall–Kier alpha value is -3.00. The van der Waals surface area contributed by atoms with Crippen LogP contribution in [0.25, 0.3) is 10.9 Å². The maximum absolute atomic E-state index is 13.0. The Labute approximate surface area is 143 Å². The lowest BCUT2D eigenvalue weighted by Crippen LogP contribution is -2.12. The van der Waals surface area contributed by atoms with Gasteiger partial charge in [-0.05, 0) is 26.0 Å². The third-order valence-corrected chi connectivity index (χ3v) is 5.60. The summed E-state index contributed by atoms with van der Waals surface area (Å²) in [6.07, 6.45) is 1.15. The summed E-state index contributed by atoms with van der Waals surface area (Å²) in [6, 6.07) is 10.3. The van der Waals surface area contributed by atoms with Gasteiger partial charge in [0.2, 0.25) is 0 Å². The highest BCUT2D eigenvalue weighted by Gasteiger charge is 2.27. The van der Waals surface area contributed by atoms with Crippen molar-refractivity contribution in [1.29, 1.82) is 0 Å². The Morgan fingerprint density at radius 2 is 1.76 bits per heavy atom. The first-order valence-electron chi connectivity index (χ1n) is 7.35. The van der Waals surface area contributed by atoms with Crippen molar-refractivity contribution >= 4 is 32.4 Å². The summed E-state index contributed by atoms with van der Waals surface area (Å²) in [6.45, 7) is 3.11. The minimum Gasteiger partial charge on any atom is -0.294 e. The Kier molecular flexibility index (Phi) is 3.92. The van der Waals surface area contributed by atoms with Gasteiger partial charge in [-0.1, -0.05) is 29.8 Å². The van der Waals surface area contributed by atoms with Gasteiger partial charge in [-0.15, -0.1) is 0 Å². The Balaban J connectivity index is 2.41. The average Bonchev–Trinajstić information content (AvgIpc) is 2.95. The number of nitro benzene ring substituents is 1. The molecule has 0 unspecified atom stereocenters. The number of ketones is 1. The second-order valence-electron chi connectivity index (χ2n) is 5.64. The highest BCUT2D eigenvalue weighted by Crippen LogP contribution is 2.32. The van der Waals surface area contributed by atoms with Crippen LogP contribution in [0.1, 0.15) is 22.8 Å². The van der Waals surface area contributed by atoms with Gasteiger partial charge in [-0.3, -0.25) is 14.9 Å². The predicted octanol–water partition coefficient (Wildman–Crippen LogP) is 3.30. The van der Waals surface area contributed by atoms with E-state index in [0.717, 1.165) is 15.7 Å². The molecule has 8 heteroatoms. The van der Waals surface area contributed by atoms with Crippen LogP contribution in [-0.2, 0) is 10.0 Å². The highest BCUT2D eigenvalue weighted by molar-refractivity contribution is 7.90. The zero-order chi connectivity index (χ0) is 18.4. The van der Waals surface area contributed by atoms with Gasteiger partial charge in [0, 0.05) is 23.2 Å². The molecule has 0 radical (unpaired) electrons. The molecule has 0 aliphatic heterocycles. The van der Waals surface area contributed by atoms with Crippen LogP contribution in [0.15, 0.2) is 53.6 Å². The first-order valence-corrected chi connectivity index (χ1v) is 8.79. The standard InChI is InChI=1S/C17H14N2O5S/c1-11-6-8-13(9-7-11)25(23,24)18-10-15(12(2)20)14-4-3-5-16(17(14)18)19(21)22/h3-10H,1-2H3. The van der Waals surface area contributed by atoms with Crippen LogP contribution in [0.3, 0.4) is 0 Å². The van der Waals surface area contributed by atoms with Gasteiger partial charge in [-0.25, -0.2) is 12.4 Å². The van der Waals surface area contributed by atoms with E-state index in [2.05, 4.69) is 0 Å². The molecule has 0 bridgehead atoms. The zero-order valence-electron chi connectivity index (χ0n) is 13.5. The number of fused-ring (bicyclic) bond motifs is 1. The Morgan fingerprint density at radius 1 is 1.12 bits per heavy atom. The van der Waals surface area contributed by atoms with Gasteiger partial charge in [-0.2, -0.15) is 0 Å². The van der Waals surface area contributed by atoms with Crippen LogP contribution in [0, 0.1) is 17.0 Å². The van der Waals surface area contributed by atoms with E-state index in [0.29, 0.717) is 0 Å². The molecule has 0 saturated heterocycles. The fourth-order valence-corrected chi connectivity index (χ4v) is 4.06. The van der Waals surface area contributed by atoms with Crippen LogP contribution in [0.2, 0.25) is 0 Å². The quantitative estimate of drug-likeness (QED) is 0.405. The molecule has 2 aromatic carbocycles. The molecule has 0 atom stereocenters. The molecule has 0 spiro atoms. The summed E-state index contributed by atoms with van der Waals surface area (Å²) in [5.41, 5.74) is 0.514. The Bertz CT molecular complexity index is 1110. The molecule has 0 fully saturated rings. The van der Waals surface area contributed by atoms with E-state index in [4.69, 9.17) is 0 Å². The molecule has 0 N–H and O–H groups in total. The number of rotatable bonds is 4. The average molecular weight is 358 g/mol. The molecule has 0 aliphatic rings. The second-order valence-corrected chi connectivity index (χ2v) is 7.46. The number of aromatic nitrogens is 1. The number of aryl methyl sites for hydroxylation is 1. The van der Waals surface area contributed by atoms with Crippen molar-refractivity contribution in [3.8, 4) is 0 Å². The van der Waals surface area contributed by atoms with Crippen molar-refractivity contribution in [2.24, 2.45) is 0 Å². The Morgan fingerprint density at radius 3 is 2.32 bits per heavy atom. The van der Waals surface area contributed by atoms with Crippen LogP contribution >= 0.6 is 0 Å². The number of carbonyl (C=O) groups is 1. The molecule has 1 aromatic heterocycles. The molecular formula is C17H14N2O5S.